The molecule has 1 amide bonds. The van der Waals surface area contributed by atoms with Gasteiger partial charge >= 0.3 is 11.8 Å². The number of hydrogen-bond acceptors (Lipinski definition) is 4. The standard InChI is InChI=1S/C17H27N3O4/c1-7-11-13-12(19(8-2)15(22)18(6)14(13)21)9-10-20(11)16(23)24-17(3,4)5/h11H,7-10H2,1-6H3. The Morgan fingerprint density at radius 1 is 1.25 bits per heavy atom. The molecule has 0 aliphatic carbocycles. The van der Waals surface area contributed by atoms with Crippen LogP contribution >= 0.6 is 0 Å². The van der Waals surface area contributed by atoms with Crippen LogP contribution in [0.15, 0.2) is 9.59 Å². The first-order valence-corrected chi connectivity index (χ1v) is 8.44. The molecule has 24 heavy (non-hydrogen) atoms. The van der Waals surface area contributed by atoms with Crippen LogP contribution in [0.25, 0.3) is 0 Å². The van der Waals surface area contributed by atoms with Crippen molar-refractivity contribution in [2.24, 2.45) is 7.05 Å². The fourth-order valence-electron chi connectivity index (χ4n) is 3.27. The van der Waals surface area contributed by atoms with Gasteiger partial charge in [0.1, 0.15) is 5.60 Å². The van der Waals surface area contributed by atoms with E-state index in [1.165, 1.54) is 7.05 Å². The highest BCUT2D eigenvalue weighted by Gasteiger charge is 2.36. The number of carbonyl (C=O) groups excluding carboxylic acids is 1. The average molecular weight is 337 g/mol. The van der Waals surface area contributed by atoms with Crippen molar-refractivity contribution in [3.05, 3.63) is 32.1 Å². The first kappa shape index (κ1) is 18.3. The van der Waals surface area contributed by atoms with Gasteiger partial charge in [-0.3, -0.25) is 13.9 Å². The Morgan fingerprint density at radius 2 is 1.88 bits per heavy atom. The predicted octanol–water partition coefficient (Wildman–Crippen LogP) is 1.81. The Bertz CT molecular complexity index is 755. The van der Waals surface area contributed by atoms with Gasteiger partial charge < -0.3 is 9.64 Å². The van der Waals surface area contributed by atoms with Crippen molar-refractivity contribution < 1.29 is 9.53 Å². The van der Waals surface area contributed by atoms with E-state index < -0.39 is 11.7 Å². The third-order valence-corrected chi connectivity index (χ3v) is 4.32. The molecular formula is C17H27N3O4. The van der Waals surface area contributed by atoms with Crippen LogP contribution in [0.5, 0.6) is 0 Å². The van der Waals surface area contributed by atoms with Crippen LogP contribution in [0.2, 0.25) is 0 Å². The summed E-state index contributed by atoms with van der Waals surface area (Å²) in [5.74, 6) is 0. The zero-order valence-electron chi connectivity index (χ0n) is 15.4. The minimum atomic E-state index is -0.594. The second-order valence-corrected chi connectivity index (χ2v) is 7.10. The van der Waals surface area contributed by atoms with Crippen LogP contribution in [0, 0.1) is 0 Å². The maximum atomic E-state index is 12.7. The Kier molecular flexibility index (Phi) is 4.92. The Balaban J connectivity index is 2.56. The smallest absolute Gasteiger partial charge is 0.410 e. The Hall–Kier alpha value is -2.05. The van der Waals surface area contributed by atoms with Crippen molar-refractivity contribution in [3.63, 3.8) is 0 Å². The third kappa shape index (κ3) is 3.12. The number of ether oxygens (including phenoxy) is 1. The molecule has 7 nitrogen and oxygen atoms in total. The van der Waals surface area contributed by atoms with Crippen molar-refractivity contribution in [1.82, 2.24) is 14.0 Å². The molecule has 7 heteroatoms. The van der Waals surface area contributed by atoms with E-state index in [4.69, 9.17) is 4.74 Å². The number of amides is 1. The molecule has 0 spiro atoms. The molecule has 1 aromatic heterocycles. The second-order valence-electron chi connectivity index (χ2n) is 7.10. The van der Waals surface area contributed by atoms with Gasteiger partial charge in [0.05, 0.1) is 11.6 Å². The minimum absolute atomic E-state index is 0.304. The molecule has 1 aliphatic rings. The lowest BCUT2D eigenvalue weighted by atomic mass is 9.95. The summed E-state index contributed by atoms with van der Waals surface area (Å²) in [6, 6.07) is -0.374. The molecule has 134 valence electrons. The van der Waals surface area contributed by atoms with Crippen molar-refractivity contribution in [3.8, 4) is 0 Å². The molecule has 0 fully saturated rings. The van der Waals surface area contributed by atoms with E-state index in [-0.39, 0.29) is 17.3 Å². The molecular weight excluding hydrogens is 310 g/mol. The normalized spacial score (nSPS) is 17.6. The van der Waals surface area contributed by atoms with Crippen LogP contribution in [0.1, 0.15) is 58.3 Å². The first-order chi connectivity index (χ1) is 11.1. The fraction of sp³-hybridized carbons (Fsp3) is 0.706. The highest BCUT2D eigenvalue weighted by molar-refractivity contribution is 5.69. The highest BCUT2D eigenvalue weighted by atomic mass is 16.6. The van der Waals surface area contributed by atoms with Crippen molar-refractivity contribution >= 4 is 6.09 Å². The van der Waals surface area contributed by atoms with Gasteiger partial charge in [0, 0.05) is 32.3 Å². The molecule has 1 aliphatic heterocycles. The van der Waals surface area contributed by atoms with E-state index >= 15 is 0 Å². The molecule has 0 N–H and O–H groups in total. The maximum absolute atomic E-state index is 12.7. The van der Waals surface area contributed by atoms with Gasteiger partial charge in [-0.25, -0.2) is 9.59 Å². The van der Waals surface area contributed by atoms with E-state index in [1.54, 1.807) is 9.47 Å². The molecule has 1 atom stereocenters. The van der Waals surface area contributed by atoms with Gasteiger partial charge in [0.25, 0.3) is 5.56 Å². The van der Waals surface area contributed by atoms with E-state index in [9.17, 15) is 14.4 Å². The summed E-state index contributed by atoms with van der Waals surface area (Å²) in [5, 5.41) is 0. The molecule has 0 saturated heterocycles. The Labute approximate surface area is 141 Å². The quantitative estimate of drug-likeness (QED) is 0.825. The molecule has 0 bridgehead atoms. The number of rotatable bonds is 2. The fourth-order valence-corrected chi connectivity index (χ4v) is 3.27. The summed E-state index contributed by atoms with van der Waals surface area (Å²) in [5.41, 5.74) is 0.0699. The van der Waals surface area contributed by atoms with Crippen LogP contribution in [-0.4, -0.2) is 32.3 Å². The summed E-state index contributed by atoms with van der Waals surface area (Å²) in [6.45, 7) is 10.2. The van der Waals surface area contributed by atoms with Crippen molar-refractivity contribution in [1.29, 1.82) is 0 Å². The summed E-state index contributed by atoms with van der Waals surface area (Å²) in [7, 11) is 1.48. The van der Waals surface area contributed by atoms with Gasteiger partial charge in [0.2, 0.25) is 0 Å². The van der Waals surface area contributed by atoms with Crippen LogP contribution in [-0.2, 0) is 24.8 Å². The molecule has 1 unspecified atom stereocenters. The lowest BCUT2D eigenvalue weighted by molar-refractivity contribution is 0.0130. The van der Waals surface area contributed by atoms with Crippen molar-refractivity contribution in [2.75, 3.05) is 6.54 Å². The first-order valence-electron chi connectivity index (χ1n) is 8.44. The average Bonchev–Trinajstić information content (AvgIpc) is 2.50. The number of aromatic nitrogens is 2. The third-order valence-electron chi connectivity index (χ3n) is 4.32. The SMILES string of the molecule is CCC1c2c(n(CC)c(=O)n(C)c2=O)CCN1C(=O)OC(C)(C)C. The van der Waals surface area contributed by atoms with Gasteiger partial charge in [-0.15, -0.1) is 0 Å². The monoisotopic (exact) mass is 337 g/mol. The van der Waals surface area contributed by atoms with Crippen LogP contribution in [0.3, 0.4) is 0 Å². The van der Waals surface area contributed by atoms with Crippen LogP contribution < -0.4 is 11.2 Å². The molecule has 1 aromatic rings. The minimum Gasteiger partial charge on any atom is -0.444 e. The largest absolute Gasteiger partial charge is 0.444 e. The lowest BCUT2D eigenvalue weighted by Gasteiger charge is -2.38. The maximum Gasteiger partial charge on any atom is 0.410 e. The van der Waals surface area contributed by atoms with Gasteiger partial charge in [-0.1, -0.05) is 6.92 Å². The number of carbonyl (C=O) groups is 1. The number of hydrogen-bond donors (Lipinski definition) is 0. The van der Waals surface area contributed by atoms with Gasteiger partial charge in [-0.05, 0) is 34.1 Å². The highest BCUT2D eigenvalue weighted by Crippen LogP contribution is 2.30. The summed E-state index contributed by atoms with van der Waals surface area (Å²) < 4.78 is 8.24. The Morgan fingerprint density at radius 3 is 2.38 bits per heavy atom. The second kappa shape index (κ2) is 6.45. The molecule has 0 saturated carbocycles. The van der Waals surface area contributed by atoms with Gasteiger partial charge in [-0.2, -0.15) is 0 Å². The predicted molar refractivity (Wildman–Crippen MR) is 91.3 cm³/mol. The topological polar surface area (TPSA) is 73.5 Å². The summed E-state index contributed by atoms with van der Waals surface area (Å²) in [4.78, 5) is 39.2. The van der Waals surface area contributed by atoms with Crippen molar-refractivity contribution in [2.45, 2.75) is 65.6 Å². The van der Waals surface area contributed by atoms with E-state index in [1.807, 2.05) is 34.6 Å². The van der Waals surface area contributed by atoms with Gasteiger partial charge in [0.15, 0.2) is 0 Å². The number of fused-ring (bicyclic) bond motifs is 1. The number of nitrogens with zero attached hydrogens (tertiary/aromatic N) is 3. The zero-order valence-corrected chi connectivity index (χ0v) is 15.4. The zero-order chi connectivity index (χ0) is 18.2. The molecule has 2 rings (SSSR count). The summed E-state index contributed by atoms with van der Waals surface area (Å²) >= 11 is 0. The molecule has 0 radical (unpaired) electrons. The van der Waals surface area contributed by atoms with E-state index in [0.29, 0.717) is 31.5 Å². The van der Waals surface area contributed by atoms with E-state index in [2.05, 4.69) is 0 Å². The van der Waals surface area contributed by atoms with Crippen LogP contribution in [0.4, 0.5) is 4.79 Å². The molecule has 0 aromatic carbocycles. The molecule has 2 heterocycles. The summed E-state index contributed by atoms with van der Waals surface area (Å²) in [6.07, 6.45) is 0.643. The van der Waals surface area contributed by atoms with E-state index in [0.717, 1.165) is 10.3 Å². The lowest BCUT2D eigenvalue weighted by Crippen LogP contribution is -2.50.